The molecule has 0 heterocycles. The van der Waals surface area contributed by atoms with Crippen molar-refractivity contribution in [1.82, 2.24) is 0 Å². The summed E-state index contributed by atoms with van der Waals surface area (Å²) in [5, 5.41) is 0. The van der Waals surface area contributed by atoms with Crippen LogP contribution in [0.2, 0.25) is 0 Å². The molecule has 0 amide bonds. The molecule has 0 radical (unpaired) electrons. The lowest BCUT2D eigenvalue weighted by molar-refractivity contribution is 1.26. The first kappa shape index (κ1) is 20.3. The topological polar surface area (TPSA) is 26.0 Å². The zero-order valence-corrected chi connectivity index (χ0v) is 19.0. The lowest BCUT2D eigenvalue weighted by Gasteiger charge is -2.23. The number of anilines is 1. The van der Waals surface area contributed by atoms with Crippen LogP contribution in [0.25, 0.3) is 50.6 Å². The predicted molar refractivity (Wildman–Crippen MR) is 145 cm³/mol. The summed E-state index contributed by atoms with van der Waals surface area (Å²) >= 11 is 0. The van der Waals surface area contributed by atoms with Crippen LogP contribution in [0.3, 0.4) is 0 Å². The maximum absolute atomic E-state index is 7.13. The van der Waals surface area contributed by atoms with Crippen LogP contribution in [0.1, 0.15) is 16.7 Å². The third-order valence-electron chi connectivity index (χ3n) is 6.83. The van der Waals surface area contributed by atoms with Crippen LogP contribution in [0.4, 0.5) is 5.69 Å². The van der Waals surface area contributed by atoms with Crippen molar-refractivity contribution in [2.75, 3.05) is 5.73 Å². The second kappa shape index (κ2) is 8.20. The highest BCUT2D eigenvalue weighted by Crippen LogP contribution is 2.54. The molecule has 0 saturated heterocycles. The lowest BCUT2D eigenvalue weighted by Crippen LogP contribution is -2.02. The molecule has 1 aliphatic rings. The van der Waals surface area contributed by atoms with E-state index in [9.17, 15) is 0 Å². The summed E-state index contributed by atoms with van der Waals surface area (Å²) in [5.74, 6) is 0. The third-order valence-corrected chi connectivity index (χ3v) is 6.83. The van der Waals surface area contributed by atoms with Gasteiger partial charge in [-0.25, -0.2) is 0 Å². The van der Waals surface area contributed by atoms with Crippen LogP contribution in [-0.4, -0.2) is 0 Å². The zero-order valence-electron chi connectivity index (χ0n) is 19.0. The summed E-state index contributed by atoms with van der Waals surface area (Å²) in [6.07, 6.45) is 2.78. The van der Waals surface area contributed by atoms with E-state index >= 15 is 0 Å². The van der Waals surface area contributed by atoms with Gasteiger partial charge >= 0.3 is 0 Å². The summed E-state index contributed by atoms with van der Waals surface area (Å²) in [4.78, 5) is 0. The first-order valence-electron chi connectivity index (χ1n) is 11.7. The standard InChI is InChI=1S/C33H25N/c1-2-22-18-19-27-26(20-22)21-28-29(23-12-6-3-7-13-23)33(34)31(25-16-10-5-11-17-25)30(32(27)28)24-14-8-4-9-15-24/h2-20H,1,21,34H2. The van der Waals surface area contributed by atoms with E-state index < -0.39 is 0 Å². The third kappa shape index (κ3) is 3.17. The number of nitrogens with two attached hydrogens (primary N) is 1. The Morgan fingerprint density at radius 1 is 0.588 bits per heavy atom. The van der Waals surface area contributed by atoms with Crippen LogP contribution in [0.15, 0.2) is 116 Å². The van der Waals surface area contributed by atoms with E-state index in [2.05, 4.69) is 116 Å². The second-order valence-corrected chi connectivity index (χ2v) is 8.79. The molecule has 0 spiro atoms. The number of hydrogen-bond acceptors (Lipinski definition) is 1. The van der Waals surface area contributed by atoms with Crippen molar-refractivity contribution in [3.05, 3.63) is 132 Å². The fourth-order valence-corrected chi connectivity index (χ4v) is 5.35. The Labute approximate surface area is 200 Å². The lowest BCUT2D eigenvalue weighted by atomic mass is 9.81. The van der Waals surface area contributed by atoms with Gasteiger partial charge in [0.1, 0.15) is 0 Å². The van der Waals surface area contributed by atoms with Gasteiger partial charge in [-0.2, -0.15) is 0 Å². The van der Waals surface area contributed by atoms with Crippen LogP contribution in [-0.2, 0) is 6.42 Å². The van der Waals surface area contributed by atoms with Gasteiger partial charge in [-0.05, 0) is 56.5 Å². The molecule has 1 aliphatic carbocycles. The molecule has 1 heteroatoms. The molecule has 34 heavy (non-hydrogen) atoms. The molecule has 0 aromatic heterocycles. The largest absolute Gasteiger partial charge is 0.398 e. The molecule has 5 aromatic rings. The Morgan fingerprint density at radius 3 is 1.68 bits per heavy atom. The van der Waals surface area contributed by atoms with Crippen LogP contribution in [0.5, 0.6) is 0 Å². The smallest absolute Gasteiger partial charge is 0.0483 e. The molecule has 0 bridgehead atoms. The fourth-order valence-electron chi connectivity index (χ4n) is 5.35. The average molecular weight is 436 g/mol. The summed E-state index contributed by atoms with van der Waals surface area (Å²) in [7, 11) is 0. The first-order chi connectivity index (χ1) is 16.8. The van der Waals surface area contributed by atoms with Gasteiger partial charge < -0.3 is 5.73 Å². The molecular formula is C33H25N. The maximum atomic E-state index is 7.13. The van der Waals surface area contributed by atoms with E-state index in [1.54, 1.807) is 0 Å². The Morgan fingerprint density at radius 2 is 1.12 bits per heavy atom. The van der Waals surface area contributed by atoms with Gasteiger partial charge in [-0.3, -0.25) is 0 Å². The van der Waals surface area contributed by atoms with Crippen molar-refractivity contribution in [1.29, 1.82) is 0 Å². The first-order valence-corrected chi connectivity index (χ1v) is 11.7. The Hall–Kier alpha value is -4.36. The molecule has 0 atom stereocenters. The Kier molecular flexibility index (Phi) is 4.89. The minimum atomic E-state index is 0.840. The summed E-state index contributed by atoms with van der Waals surface area (Å²) in [5.41, 5.74) is 21.3. The maximum Gasteiger partial charge on any atom is 0.0483 e. The minimum Gasteiger partial charge on any atom is -0.398 e. The quantitative estimate of drug-likeness (QED) is 0.276. The van der Waals surface area contributed by atoms with Gasteiger partial charge in [0.2, 0.25) is 0 Å². The van der Waals surface area contributed by atoms with E-state index in [0.717, 1.165) is 39.9 Å². The highest BCUT2D eigenvalue weighted by molar-refractivity contribution is 6.09. The fraction of sp³-hybridized carbons (Fsp3) is 0.0303. The molecule has 162 valence electrons. The predicted octanol–water partition coefficient (Wildman–Crippen LogP) is 8.48. The van der Waals surface area contributed by atoms with E-state index in [1.807, 2.05) is 6.08 Å². The molecule has 0 saturated carbocycles. The van der Waals surface area contributed by atoms with Crippen molar-refractivity contribution in [3.63, 3.8) is 0 Å². The number of hydrogen-bond donors (Lipinski definition) is 1. The molecule has 0 unspecified atom stereocenters. The molecule has 2 N–H and O–H groups in total. The zero-order chi connectivity index (χ0) is 23.1. The van der Waals surface area contributed by atoms with Gasteiger partial charge in [-0.1, -0.05) is 122 Å². The van der Waals surface area contributed by atoms with Crippen LogP contribution < -0.4 is 5.73 Å². The number of rotatable bonds is 4. The van der Waals surface area contributed by atoms with Gasteiger partial charge in [0.15, 0.2) is 0 Å². The van der Waals surface area contributed by atoms with Crippen molar-refractivity contribution in [2.45, 2.75) is 6.42 Å². The van der Waals surface area contributed by atoms with Crippen molar-refractivity contribution in [2.24, 2.45) is 0 Å². The van der Waals surface area contributed by atoms with E-state index in [4.69, 9.17) is 5.73 Å². The van der Waals surface area contributed by atoms with Crippen molar-refractivity contribution >= 4 is 11.8 Å². The monoisotopic (exact) mass is 435 g/mol. The Balaban J connectivity index is 1.80. The van der Waals surface area contributed by atoms with E-state index in [1.165, 1.54) is 33.4 Å². The number of benzene rings is 5. The van der Waals surface area contributed by atoms with Crippen LogP contribution >= 0.6 is 0 Å². The Bertz CT molecular complexity index is 1510. The van der Waals surface area contributed by atoms with E-state index in [-0.39, 0.29) is 0 Å². The summed E-state index contributed by atoms with van der Waals surface area (Å²) in [6, 6.07) is 38.5. The molecular weight excluding hydrogens is 410 g/mol. The number of fused-ring (bicyclic) bond motifs is 3. The van der Waals surface area contributed by atoms with Gasteiger partial charge in [0, 0.05) is 16.8 Å². The summed E-state index contributed by atoms with van der Waals surface area (Å²) < 4.78 is 0. The normalized spacial score (nSPS) is 11.6. The van der Waals surface area contributed by atoms with E-state index in [0.29, 0.717) is 0 Å². The van der Waals surface area contributed by atoms with Gasteiger partial charge in [-0.15, -0.1) is 0 Å². The molecule has 1 nitrogen and oxygen atoms in total. The van der Waals surface area contributed by atoms with Gasteiger partial charge in [0.25, 0.3) is 0 Å². The average Bonchev–Trinajstić information content (AvgIpc) is 3.27. The van der Waals surface area contributed by atoms with Crippen LogP contribution in [0, 0.1) is 0 Å². The molecule has 0 aliphatic heterocycles. The van der Waals surface area contributed by atoms with Crippen molar-refractivity contribution in [3.8, 4) is 44.5 Å². The number of nitrogen functional groups attached to an aromatic ring is 1. The highest BCUT2D eigenvalue weighted by Gasteiger charge is 2.30. The second-order valence-electron chi connectivity index (χ2n) is 8.79. The highest BCUT2D eigenvalue weighted by atomic mass is 14.6. The summed E-state index contributed by atoms with van der Waals surface area (Å²) in [6.45, 7) is 3.98. The van der Waals surface area contributed by atoms with Gasteiger partial charge in [0.05, 0.1) is 0 Å². The minimum absolute atomic E-state index is 0.840. The molecule has 0 fully saturated rings. The molecule has 6 rings (SSSR count). The SMILES string of the molecule is C=Cc1ccc2c(c1)Cc1c(-c3ccccc3)c(N)c(-c3ccccc3)c(-c3ccccc3)c1-2. The molecule has 5 aromatic carbocycles. The van der Waals surface area contributed by atoms with Crippen molar-refractivity contribution < 1.29 is 0 Å².